The highest BCUT2D eigenvalue weighted by molar-refractivity contribution is 5.69. The van der Waals surface area contributed by atoms with Crippen LogP contribution in [0.25, 0.3) is 11.1 Å². The Hall–Kier alpha value is -9.81. The highest BCUT2D eigenvalue weighted by atomic mass is 19.1. The number of alkyl halides is 1. The van der Waals surface area contributed by atoms with E-state index in [0.29, 0.717) is 48.2 Å². The van der Waals surface area contributed by atoms with Crippen LogP contribution < -0.4 is 27.0 Å². The van der Waals surface area contributed by atoms with Crippen LogP contribution in [0.5, 0.6) is 0 Å². The van der Waals surface area contributed by atoms with E-state index in [1.54, 1.807) is 0 Å². The Kier molecular flexibility index (Phi) is 44.5. The summed E-state index contributed by atoms with van der Waals surface area (Å²) in [6.07, 6.45) is 9.47. The van der Waals surface area contributed by atoms with Crippen LogP contribution in [0.3, 0.4) is 0 Å². The fourth-order valence-electron chi connectivity index (χ4n) is 17.9. The third-order valence-corrected chi connectivity index (χ3v) is 25.1. The average molecular weight is 1950 g/mol. The number of nitrogen functional groups attached to an aromatic ring is 1. The molecule has 1 saturated carbocycles. The van der Waals surface area contributed by atoms with Gasteiger partial charge in [0.15, 0.2) is 0 Å². The van der Waals surface area contributed by atoms with Crippen molar-refractivity contribution in [2.75, 3.05) is 82.7 Å². The molecule has 2 saturated heterocycles. The topological polar surface area (TPSA) is 264 Å². The lowest BCUT2D eigenvalue weighted by atomic mass is 9.84. The third-order valence-electron chi connectivity index (χ3n) is 25.1. The van der Waals surface area contributed by atoms with Crippen molar-refractivity contribution < 1.29 is 4.39 Å². The molecule has 7 aromatic heterocycles. The molecule has 142 heavy (non-hydrogen) atoms. The van der Waals surface area contributed by atoms with Gasteiger partial charge in [-0.3, -0.25) is 9.29 Å². The van der Waals surface area contributed by atoms with Gasteiger partial charge in [0, 0.05) is 121 Å². The summed E-state index contributed by atoms with van der Waals surface area (Å²) in [5.74, 6) is 6.79. The summed E-state index contributed by atoms with van der Waals surface area (Å²) in [4.78, 5) is 72.5. The molecule has 10 aromatic rings. The SMILES string of the molecule is C.Cc1ccc(Cc2c(C)nc(NC(C)C)nc2C(C)(C)C)cc1.Cc1ccc(Cc2c(C)nc(NC3CNC3)nc2C(C)(C)C)cc1.Cc1nc(CN(C)C)nc(C(C)(C)C)c1-c1ccccc1.Cc1nc(CN(C)C)nc(C(C)(C)C)c1CCCF.Cc1nc(CN2CCCC2)nc(C(C)(C)C)c1C(C)C.Cc1nc(N)nc(C(C)(C)C)c1C(C)C.Cc1nc(NC2CCC2)nc(C(C)(C)C)c1C(C)C. The zero-order chi connectivity index (χ0) is 106. The van der Waals surface area contributed by atoms with E-state index in [-0.39, 0.29) is 52.0 Å². The maximum Gasteiger partial charge on any atom is 0.223 e. The van der Waals surface area contributed by atoms with Crippen molar-refractivity contribution in [3.8, 4) is 11.1 Å². The van der Waals surface area contributed by atoms with Gasteiger partial charge in [-0.25, -0.2) is 69.8 Å². The van der Waals surface area contributed by atoms with Gasteiger partial charge < -0.3 is 36.8 Å². The molecule has 3 fully saturated rings. The van der Waals surface area contributed by atoms with Gasteiger partial charge in [0.25, 0.3) is 0 Å². The number of hydrogen-bond acceptors (Lipinski definition) is 22. The number of anilines is 4. The van der Waals surface area contributed by atoms with E-state index in [0.717, 1.165) is 161 Å². The van der Waals surface area contributed by atoms with Crippen molar-refractivity contribution in [3.63, 3.8) is 0 Å². The molecule has 22 nitrogen and oxygen atoms in total. The first kappa shape index (κ1) is 121. The first-order chi connectivity index (χ1) is 65.3. The predicted octanol–water partition coefficient (Wildman–Crippen LogP) is 26.4. The predicted molar refractivity (Wildman–Crippen MR) is 599 cm³/mol. The smallest absolute Gasteiger partial charge is 0.223 e. The summed E-state index contributed by atoms with van der Waals surface area (Å²) in [6.45, 7) is 89.0. The van der Waals surface area contributed by atoms with Crippen LogP contribution in [-0.2, 0) is 76.8 Å². The van der Waals surface area contributed by atoms with Crippen molar-refractivity contribution in [3.05, 3.63) is 232 Å². The van der Waals surface area contributed by atoms with Crippen LogP contribution in [0.15, 0.2) is 78.9 Å². The zero-order valence-corrected chi connectivity index (χ0v) is 95.5. The second kappa shape index (κ2) is 52.3. The fraction of sp³-hybridized carbons (Fsp3) is 0.613. The average Bonchev–Trinajstić information content (AvgIpc) is 0.981. The number of nitrogens with two attached hydrogens (primary N) is 1. The van der Waals surface area contributed by atoms with E-state index in [1.165, 1.54) is 118 Å². The van der Waals surface area contributed by atoms with E-state index in [4.69, 9.17) is 50.6 Å². The second-order valence-electron chi connectivity index (χ2n) is 48.5. The lowest BCUT2D eigenvalue weighted by Gasteiger charge is -2.29. The van der Waals surface area contributed by atoms with Crippen LogP contribution >= 0.6 is 0 Å². The Morgan fingerprint density at radius 3 is 1.13 bits per heavy atom. The molecule has 2 aliphatic heterocycles. The molecule has 0 bridgehead atoms. The van der Waals surface area contributed by atoms with Gasteiger partial charge in [0.2, 0.25) is 23.8 Å². The highest BCUT2D eigenvalue weighted by Gasteiger charge is 2.33. The summed E-state index contributed by atoms with van der Waals surface area (Å²) in [5, 5.41) is 13.5. The summed E-state index contributed by atoms with van der Waals surface area (Å²) < 4.78 is 12.4. The van der Waals surface area contributed by atoms with Gasteiger partial charge in [-0.1, -0.05) is 284 Å². The number of aryl methyl sites for hydroxylation is 9. The van der Waals surface area contributed by atoms with Crippen LogP contribution in [-0.4, -0.2) is 164 Å². The Balaban J connectivity index is 0.000000254. The molecule has 1 aliphatic carbocycles. The molecule has 0 atom stereocenters. The minimum Gasteiger partial charge on any atom is -0.368 e. The quantitative estimate of drug-likeness (QED) is 0.0398. The van der Waals surface area contributed by atoms with Crippen molar-refractivity contribution in [2.24, 2.45) is 0 Å². The van der Waals surface area contributed by atoms with Crippen molar-refractivity contribution in [1.29, 1.82) is 0 Å². The first-order valence-electron chi connectivity index (χ1n) is 52.0. The van der Waals surface area contributed by atoms with Gasteiger partial charge in [-0.2, -0.15) is 0 Å². The number of rotatable bonds is 23. The standard InChI is InChI=1S/C20H28N4.C20H29N3.C18H25N3.C17H29N3.C16H27N3.C15H26FN3.C12H21N3.CH4/c1-13-6-8-15(9-7-13)10-17-14(2)22-19(23-16-11-21-12-16)24-18(17)20(3,4)5;1-13(2)21-19-22-15(4)17(18(23-19)20(5,6)7)12-16-10-8-14(3)9-11-16;1-13-16(14-10-8-7-9-11-14)17(18(2,3)4)20-15(19-13)12-21(5)6;1-12(2)15-13(3)18-14(11-20-9-7-8-10-20)19-16(15)17(4,5)6;1-10(2)13-11(3)17-15(18-12-8-7-9-12)19-14(13)16(4,5)6;1-11-12(8-7-9-16)14(15(2,3)4)18-13(17-11)10-19(5)6;1-7(2)9-8(3)14-11(13)15-10(9)12(4,5)6;/h6-9,16,21H,10-12H2,1-5H3,(H,22,23,24);8-11,13H,12H2,1-7H3,(H,21,22,23);7-11H,12H2,1-6H3;12H,7-11H2,1-6H3;10,12H,7-9H2,1-6H3,(H,17,18,19);7-10H2,1-6H3;7H,1-6H3,(H2,13,14,15);1H4. The Labute approximate surface area is 860 Å². The molecular weight excluding hydrogens is 1760 g/mol. The molecule has 23 heteroatoms. The monoisotopic (exact) mass is 1950 g/mol. The van der Waals surface area contributed by atoms with Crippen molar-refractivity contribution in [2.45, 2.75) is 422 Å². The minimum absolute atomic E-state index is 0. The second-order valence-corrected chi connectivity index (χ2v) is 48.5. The number of nitrogens with one attached hydrogen (secondary N) is 4. The minimum atomic E-state index is -0.289. The number of likely N-dealkylation sites (tertiary alicyclic amines) is 1. The molecule has 0 radical (unpaired) electrons. The molecular formula is C119H189FN22. The lowest BCUT2D eigenvalue weighted by Crippen LogP contribution is -2.51. The number of aromatic nitrogens is 14. The van der Waals surface area contributed by atoms with E-state index >= 15 is 0 Å². The molecule has 9 heterocycles. The van der Waals surface area contributed by atoms with Gasteiger partial charge in [0.05, 0.1) is 72.2 Å². The van der Waals surface area contributed by atoms with Crippen molar-refractivity contribution >= 4 is 23.8 Å². The molecule has 0 amide bonds. The maximum absolute atomic E-state index is 12.4. The summed E-state index contributed by atoms with van der Waals surface area (Å²) in [5.41, 5.74) is 36.2. The van der Waals surface area contributed by atoms with Crippen LogP contribution in [0.1, 0.15) is 417 Å². The fourth-order valence-corrected chi connectivity index (χ4v) is 17.9. The maximum atomic E-state index is 12.4. The largest absolute Gasteiger partial charge is 0.368 e. The summed E-state index contributed by atoms with van der Waals surface area (Å²) in [6, 6.07) is 29.2. The van der Waals surface area contributed by atoms with Gasteiger partial charge >= 0.3 is 0 Å². The lowest BCUT2D eigenvalue weighted by molar-refractivity contribution is 0.320. The van der Waals surface area contributed by atoms with Gasteiger partial charge in [-0.15, -0.1) is 0 Å². The number of hydrogen-bond donors (Lipinski definition) is 5. The number of nitrogens with zero attached hydrogens (tertiary/aromatic N) is 17. The first-order valence-corrected chi connectivity index (χ1v) is 52.0. The zero-order valence-electron chi connectivity index (χ0n) is 95.5. The molecule has 0 spiro atoms. The van der Waals surface area contributed by atoms with Crippen LogP contribution in [0, 0.1) is 62.3 Å². The Morgan fingerprint density at radius 2 is 0.739 bits per heavy atom. The summed E-state index contributed by atoms with van der Waals surface area (Å²) >= 11 is 0. The van der Waals surface area contributed by atoms with Crippen molar-refractivity contribution in [1.82, 2.24) is 89.8 Å². The van der Waals surface area contributed by atoms with Gasteiger partial charge in [0.1, 0.15) is 17.5 Å². The normalized spacial score (nSPS) is 13.8. The van der Waals surface area contributed by atoms with E-state index in [2.05, 4.69) is 383 Å². The van der Waals surface area contributed by atoms with E-state index < -0.39 is 0 Å². The molecule has 0 unspecified atom stereocenters. The van der Waals surface area contributed by atoms with E-state index in [9.17, 15) is 4.39 Å². The highest BCUT2D eigenvalue weighted by Crippen LogP contribution is 2.39. The Bertz CT molecular complexity index is 5620. The molecule has 782 valence electrons. The Morgan fingerprint density at radius 1 is 0.387 bits per heavy atom. The summed E-state index contributed by atoms with van der Waals surface area (Å²) in [7, 11) is 8.10. The van der Waals surface area contributed by atoms with E-state index in [1.807, 2.05) is 48.1 Å². The number of halogens is 1. The molecule has 13 rings (SSSR count). The molecule has 6 N–H and O–H groups in total. The van der Waals surface area contributed by atoms with Crippen LogP contribution in [0.4, 0.5) is 28.2 Å². The number of benzene rings is 3. The molecule has 3 aromatic carbocycles. The van der Waals surface area contributed by atoms with Gasteiger partial charge in [-0.05, 0) is 230 Å². The van der Waals surface area contributed by atoms with Crippen LogP contribution in [0.2, 0.25) is 0 Å². The molecule has 3 aliphatic rings. The third kappa shape index (κ3) is 36.7.